The van der Waals surface area contributed by atoms with Crippen LogP contribution in [-0.2, 0) is 6.42 Å². The zero-order valence-corrected chi connectivity index (χ0v) is 27.9. The third kappa shape index (κ3) is 3.79. The molecule has 2 heterocycles. The van der Waals surface area contributed by atoms with Crippen LogP contribution in [0.2, 0.25) is 0 Å². The number of aryl methyl sites for hydroxylation is 1. The Balaban J connectivity index is 1.12. The second kappa shape index (κ2) is 10.3. The van der Waals surface area contributed by atoms with Crippen molar-refractivity contribution >= 4 is 87.2 Å². The Bertz CT molecular complexity index is 2730. The molecule has 0 saturated heterocycles. The fraction of sp³-hybridized carbons (Fsp3) is 0.0870. The summed E-state index contributed by atoms with van der Waals surface area (Å²) in [5.74, 6) is 0.357. The number of allylic oxidation sites excluding steroid dienone is 5. The van der Waals surface area contributed by atoms with Gasteiger partial charge >= 0.3 is 0 Å². The van der Waals surface area contributed by atoms with Crippen LogP contribution in [0.25, 0.3) is 75.3 Å². The van der Waals surface area contributed by atoms with Gasteiger partial charge in [-0.25, -0.2) is 0 Å². The van der Waals surface area contributed by atoms with Crippen LogP contribution in [0.4, 0.5) is 0 Å². The molecule has 0 saturated carbocycles. The Morgan fingerprint density at radius 2 is 1.27 bits per heavy atom. The monoisotopic (exact) mass is 646 g/mol. The molecular formula is C46H30S2. The van der Waals surface area contributed by atoms with Gasteiger partial charge in [0, 0.05) is 26.3 Å². The van der Waals surface area contributed by atoms with E-state index in [2.05, 4.69) is 140 Å². The average molecular weight is 647 g/mol. The molecule has 0 bridgehead atoms. The van der Waals surface area contributed by atoms with E-state index in [1.165, 1.54) is 101 Å². The zero-order chi connectivity index (χ0) is 31.3. The minimum absolute atomic E-state index is 0.357. The van der Waals surface area contributed by atoms with Gasteiger partial charge < -0.3 is 0 Å². The van der Waals surface area contributed by atoms with Gasteiger partial charge in [0.05, 0.1) is 4.70 Å². The van der Waals surface area contributed by atoms with Gasteiger partial charge in [0.15, 0.2) is 0 Å². The molecule has 0 radical (unpaired) electrons. The van der Waals surface area contributed by atoms with E-state index in [0.717, 1.165) is 19.3 Å². The number of benzene rings is 7. The van der Waals surface area contributed by atoms with E-state index in [-0.39, 0.29) is 0 Å². The lowest BCUT2D eigenvalue weighted by molar-refractivity contribution is 0.864. The molecule has 3 aliphatic rings. The fourth-order valence-electron chi connectivity index (χ4n) is 8.82. The van der Waals surface area contributed by atoms with Gasteiger partial charge in [0.25, 0.3) is 0 Å². The first-order valence-corrected chi connectivity index (χ1v) is 18.6. The van der Waals surface area contributed by atoms with Gasteiger partial charge in [-0.2, -0.15) is 0 Å². The molecule has 0 nitrogen and oxygen atoms in total. The van der Waals surface area contributed by atoms with Crippen LogP contribution in [0.3, 0.4) is 0 Å². The SMILES string of the molecule is C1=Cc2ccc(-c3c4ccccc4c(C4=CC=C5Sc6c(c7ccccc7c7c6sc6ccccc67)C5C4)c4ccccc34)cc2CC1. The maximum atomic E-state index is 2.45. The van der Waals surface area contributed by atoms with E-state index in [1.54, 1.807) is 0 Å². The summed E-state index contributed by atoms with van der Waals surface area (Å²) in [6.07, 6.45) is 12.7. The van der Waals surface area contributed by atoms with Gasteiger partial charge in [-0.15, -0.1) is 11.3 Å². The van der Waals surface area contributed by atoms with Crippen LogP contribution in [-0.4, -0.2) is 0 Å². The van der Waals surface area contributed by atoms with Gasteiger partial charge in [-0.05, 0) is 102 Å². The normalized spacial score (nSPS) is 16.8. The number of thiophene rings is 1. The number of hydrogen-bond donors (Lipinski definition) is 0. The van der Waals surface area contributed by atoms with Crippen LogP contribution < -0.4 is 0 Å². The Morgan fingerprint density at radius 1 is 0.604 bits per heavy atom. The highest BCUT2D eigenvalue weighted by Crippen LogP contribution is 2.60. The molecule has 1 aromatic heterocycles. The molecule has 0 N–H and O–H groups in total. The second-order valence-electron chi connectivity index (χ2n) is 13.4. The maximum absolute atomic E-state index is 2.45. The first-order valence-electron chi connectivity index (χ1n) is 17.0. The topological polar surface area (TPSA) is 0 Å². The van der Waals surface area contributed by atoms with Crippen LogP contribution in [0.5, 0.6) is 0 Å². The zero-order valence-electron chi connectivity index (χ0n) is 26.3. The largest absolute Gasteiger partial charge is 0.134 e. The summed E-state index contributed by atoms with van der Waals surface area (Å²) < 4.78 is 2.83. The lowest BCUT2D eigenvalue weighted by Gasteiger charge is -2.24. The summed E-state index contributed by atoms with van der Waals surface area (Å²) in [6.45, 7) is 0. The molecule has 0 spiro atoms. The highest BCUT2D eigenvalue weighted by atomic mass is 32.2. The molecule has 1 atom stereocenters. The highest BCUT2D eigenvalue weighted by Gasteiger charge is 2.36. The molecular weight excluding hydrogens is 617 g/mol. The Kier molecular flexibility index (Phi) is 5.82. The summed E-state index contributed by atoms with van der Waals surface area (Å²) in [7, 11) is 0. The summed E-state index contributed by atoms with van der Waals surface area (Å²) in [6, 6.07) is 43.5. The summed E-state index contributed by atoms with van der Waals surface area (Å²) in [5, 5.41) is 11.0. The van der Waals surface area contributed by atoms with Gasteiger partial charge in [-0.1, -0.05) is 145 Å². The number of fused-ring (bicyclic) bond motifs is 13. The van der Waals surface area contributed by atoms with Crippen molar-refractivity contribution < 1.29 is 0 Å². The van der Waals surface area contributed by atoms with Crippen LogP contribution in [0.1, 0.15) is 41.0 Å². The average Bonchev–Trinajstić information content (AvgIpc) is 3.73. The van der Waals surface area contributed by atoms with Crippen LogP contribution in [0.15, 0.2) is 143 Å². The molecule has 2 aliphatic carbocycles. The first kappa shape index (κ1) is 27.1. The van der Waals surface area contributed by atoms with Crippen molar-refractivity contribution in [3.63, 3.8) is 0 Å². The summed E-state index contributed by atoms with van der Waals surface area (Å²) >= 11 is 3.98. The molecule has 2 heteroatoms. The Hall–Kier alpha value is -4.89. The van der Waals surface area contributed by atoms with Crippen molar-refractivity contribution in [2.45, 2.75) is 30.1 Å². The molecule has 0 amide bonds. The minimum atomic E-state index is 0.357. The molecule has 226 valence electrons. The van der Waals surface area contributed by atoms with Gasteiger partial charge in [-0.3, -0.25) is 0 Å². The molecule has 48 heavy (non-hydrogen) atoms. The number of thioether (sulfide) groups is 1. The summed E-state index contributed by atoms with van der Waals surface area (Å²) in [4.78, 5) is 2.96. The quantitative estimate of drug-likeness (QED) is 0.168. The number of rotatable bonds is 2. The van der Waals surface area contributed by atoms with E-state index in [9.17, 15) is 0 Å². The molecule has 7 aromatic carbocycles. The Labute approximate surface area is 287 Å². The van der Waals surface area contributed by atoms with E-state index < -0.39 is 0 Å². The third-order valence-corrected chi connectivity index (χ3v) is 13.5. The first-order chi connectivity index (χ1) is 23.8. The van der Waals surface area contributed by atoms with E-state index in [1.807, 2.05) is 23.1 Å². The predicted molar refractivity (Wildman–Crippen MR) is 210 cm³/mol. The lowest BCUT2D eigenvalue weighted by atomic mass is 9.79. The van der Waals surface area contributed by atoms with Crippen molar-refractivity contribution in [2.75, 3.05) is 0 Å². The predicted octanol–water partition coefficient (Wildman–Crippen LogP) is 13.7. The third-order valence-electron chi connectivity index (χ3n) is 10.9. The lowest BCUT2D eigenvalue weighted by Crippen LogP contribution is -2.04. The van der Waals surface area contributed by atoms with Crippen molar-refractivity contribution in [1.82, 2.24) is 0 Å². The molecule has 8 aromatic rings. The van der Waals surface area contributed by atoms with Crippen molar-refractivity contribution in [2.24, 2.45) is 0 Å². The molecule has 1 unspecified atom stereocenters. The molecule has 11 rings (SSSR count). The number of hydrogen-bond acceptors (Lipinski definition) is 2. The maximum Gasteiger partial charge on any atom is 0.0504 e. The summed E-state index contributed by atoms with van der Waals surface area (Å²) in [5.41, 5.74) is 9.86. The smallest absolute Gasteiger partial charge is 0.0504 e. The van der Waals surface area contributed by atoms with Gasteiger partial charge in [0.1, 0.15) is 0 Å². The van der Waals surface area contributed by atoms with Crippen molar-refractivity contribution in [3.05, 3.63) is 161 Å². The standard InChI is InChI=1S/C46H30S2/c1-2-12-28-25-29(22-21-27(28)11-1)41-31-13-3-5-15-33(31)42(34-16-6-4-14-32(34)41)30-23-24-40-38(26-30)44-36-18-8-7-17-35(36)43-37-19-9-10-20-39(37)47-45(43)46(44)48-40/h1,3-11,13-25,38H,2,12,26H2. The van der Waals surface area contributed by atoms with E-state index in [0.29, 0.717) is 5.92 Å². The Morgan fingerprint density at radius 3 is 2.04 bits per heavy atom. The van der Waals surface area contributed by atoms with Crippen molar-refractivity contribution in [3.8, 4) is 11.1 Å². The van der Waals surface area contributed by atoms with E-state index >= 15 is 0 Å². The highest BCUT2D eigenvalue weighted by molar-refractivity contribution is 8.03. The van der Waals surface area contributed by atoms with Crippen molar-refractivity contribution in [1.29, 1.82) is 0 Å². The van der Waals surface area contributed by atoms with Crippen LogP contribution in [0, 0.1) is 0 Å². The second-order valence-corrected chi connectivity index (χ2v) is 15.5. The molecule has 0 fully saturated rings. The van der Waals surface area contributed by atoms with Crippen LogP contribution >= 0.6 is 23.1 Å². The van der Waals surface area contributed by atoms with E-state index in [4.69, 9.17) is 0 Å². The van der Waals surface area contributed by atoms with Gasteiger partial charge in [0.2, 0.25) is 0 Å². The molecule has 1 aliphatic heterocycles. The fourth-order valence-corrected chi connectivity index (χ4v) is 11.5. The minimum Gasteiger partial charge on any atom is -0.134 e.